The zero-order valence-electron chi connectivity index (χ0n) is 10.9. The average Bonchev–Trinajstić information content (AvgIpc) is 2.63. The molecule has 3 nitrogen and oxygen atoms in total. The number of nitrogens with two attached hydrogens (primary N) is 1. The molecular formula is C15H17N3. The van der Waals surface area contributed by atoms with Crippen molar-refractivity contribution in [1.29, 1.82) is 0 Å². The summed E-state index contributed by atoms with van der Waals surface area (Å²) in [7, 11) is 0. The van der Waals surface area contributed by atoms with Crippen LogP contribution in [0.5, 0.6) is 0 Å². The van der Waals surface area contributed by atoms with Gasteiger partial charge in [0.2, 0.25) is 0 Å². The first kappa shape index (κ1) is 12.4. The normalized spacial score (nSPS) is 11.8. The molecule has 1 heterocycles. The summed E-state index contributed by atoms with van der Waals surface area (Å²) in [6.45, 7) is 5.87. The lowest BCUT2D eigenvalue weighted by atomic mass is 10.2. The van der Waals surface area contributed by atoms with E-state index >= 15 is 0 Å². The third-order valence-electron chi connectivity index (χ3n) is 2.72. The van der Waals surface area contributed by atoms with Crippen LogP contribution in [0.15, 0.2) is 30.3 Å². The number of benzene rings is 1. The smallest absolute Gasteiger partial charge is 0.0757 e. The Balaban J connectivity index is 2.49. The number of aromatic nitrogens is 2. The van der Waals surface area contributed by atoms with E-state index in [1.165, 1.54) is 0 Å². The van der Waals surface area contributed by atoms with E-state index in [4.69, 9.17) is 5.73 Å². The van der Waals surface area contributed by atoms with Crippen molar-refractivity contribution >= 4 is 0 Å². The molecule has 2 N–H and O–H groups in total. The highest BCUT2D eigenvalue weighted by atomic mass is 15.3. The van der Waals surface area contributed by atoms with E-state index in [1.807, 2.05) is 55.8 Å². The summed E-state index contributed by atoms with van der Waals surface area (Å²) in [6.07, 6.45) is 0. The zero-order valence-corrected chi connectivity index (χ0v) is 10.9. The first-order valence-electron chi connectivity index (χ1n) is 5.98. The summed E-state index contributed by atoms with van der Waals surface area (Å²) >= 11 is 0. The van der Waals surface area contributed by atoms with Crippen molar-refractivity contribution in [2.24, 2.45) is 5.73 Å². The van der Waals surface area contributed by atoms with Crippen LogP contribution in [0, 0.1) is 25.7 Å². The Morgan fingerprint density at radius 3 is 2.50 bits per heavy atom. The predicted octanol–water partition coefficient (Wildman–Crippen LogP) is 2.19. The Morgan fingerprint density at radius 1 is 1.22 bits per heavy atom. The molecule has 0 amide bonds. The van der Waals surface area contributed by atoms with Crippen molar-refractivity contribution in [3.63, 3.8) is 0 Å². The van der Waals surface area contributed by atoms with Gasteiger partial charge < -0.3 is 5.73 Å². The summed E-state index contributed by atoms with van der Waals surface area (Å²) in [6, 6.07) is 9.93. The molecule has 0 aliphatic heterocycles. The van der Waals surface area contributed by atoms with Crippen LogP contribution in [0.4, 0.5) is 0 Å². The summed E-state index contributed by atoms with van der Waals surface area (Å²) < 4.78 is 1.92. The molecule has 0 aliphatic rings. The molecule has 1 unspecified atom stereocenters. The van der Waals surface area contributed by atoms with Crippen molar-refractivity contribution in [2.45, 2.75) is 26.8 Å². The van der Waals surface area contributed by atoms with Gasteiger partial charge in [0.1, 0.15) is 0 Å². The van der Waals surface area contributed by atoms with Crippen LogP contribution in [0.3, 0.4) is 0 Å². The first-order chi connectivity index (χ1) is 8.59. The molecule has 3 heteroatoms. The Morgan fingerprint density at radius 2 is 1.89 bits per heavy atom. The van der Waals surface area contributed by atoms with Gasteiger partial charge in [0, 0.05) is 0 Å². The standard InChI is InChI=1S/C15H17N3/c1-11(16)9-10-15-12(2)17-18(13(15)3)14-7-5-4-6-8-14/h4-8,11H,16H2,1-3H3. The van der Waals surface area contributed by atoms with Crippen LogP contribution in [-0.4, -0.2) is 15.8 Å². The van der Waals surface area contributed by atoms with Gasteiger partial charge in [0.05, 0.1) is 28.7 Å². The topological polar surface area (TPSA) is 43.8 Å². The second kappa shape index (κ2) is 5.07. The third kappa shape index (κ3) is 2.44. The molecule has 1 atom stereocenters. The molecule has 0 aliphatic carbocycles. The highest BCUT2D eigenvalue weighted by Gasteiger charge is 2.10. The molecule has 92 valence electrons. The molecule has 0 fully saturated rings. The van der Waals surface area contributed by atoms with Crippen molar-refractivity contribution < 1.29 is 0 Å². The Kier molecular flexibility index (Phi) is 3.50. The monoisotopic (exact) mass is 239 g/mol. The molecule has 1 aromatic carbocycles. The quantitative estimate of drug-likeness (QED) is 0.775. The van der Waals surface area contributed by atoms with Crippen LogP contribution in [0.2, 0.25) is 0 Å². The van der Waals surface area contributed by atoms with E-state index in [-0.39, 0.29) is 6.04 Å². The molecule has 0 bridgehead atoms. The van der Waals surface area contributed by atoms with Crippen molar-refractivity contribution in [2.75, 3.05) is 0 Å². The van der Waals surface area contributed by atoms with Gasteiger partial charge in [-0.2, -0.15) is 5.10 Å². The lowest BCUT2D eigenvalue weighted by molar-refractivity contribution is 0.833. The SMILES string of the molecule is Cc1nn(-c2ccccc2)c(C)c1C#CC(C)N. The Labute approximate surface area is 108 Å². The summed E-state index contributed by atoms with van der Waals surface area (Å²) in [5.74, 6) is 6.10. The van der Waals surface area contributed by atoms with E-state index < -0.39 is 0 Å². The molecule has 2 rings (SSSR count). The largest absolute Gasteiger partial charge is 0.318 e. The fourth-order valence-corrected chi connectivity index (χ4v) is 1.83. The molecule has 18 heavy (non-hydrogen) atoms. The molecular weight excluding hydrogens is 222 g/mol. The number of nitrogens with zero attached hydrogens (tertiary/aromatic N) is 2. The fraction of sp³-hybridized carbons (Fsp3) is 0.267. The van der Waals surface area contributed by atoms with Crippen LogP contribution in [0.25, 0.3) is 5.69 Å². The molecule has 1 aromatic heterocycles. The number of hydrogen-bond donors (Lipinski definition) is 1. The maximum Gasteiger partial charge on any atom is 0.0757 e. The maximum absolute atomic E-state index is 5.66. The summed E-state index contributed by atoms with van der Waals surface area (Å²) in [5.41, 5.74) is 9.66. The van der Waals surface area contributed by atoms with E-state index in [0.717, 1.165) is 22.6 Å². The van der Waals surface area contributed by atoms with Gasteiger partial charge >= 0.3 is 0 Å². The highest BCUT2D eigenvalue weighted by Crippen LogP contribution is 2.16. The highest BCUT2D eigenvalue weighted by molar-refractivity contribution is 5.45. The Hall–Kier alpha value is -2.05. The molecule has 0 saturated heterocycles. The van der Waals surface area contributed by atoms with Crippen LogP contribution < -0.4 is 5.73 Å². The predicted molar refractivity (Wildman–Crippen MR) is 73.6 cm³/mol. The first-order valence-corrected chi connectivity index (χ1v) is 5.98. The zero-order chi connectivity index (χ0) is 13.1. The summed E-state index contributed by atoms with van der Waals surface area (Å²) in [4.78, 5) is 0. The van der Waals surface area contributed by atoms with Gasteiger partial charge in [-0.25, -0.2) is 4.68 Å². The Bertz CT molecular complexity index is 598. The van der Waals surface area contributed by atoms with E-state index in [2.05, 4.69) is 16.9 Å². The van der Waals surface area contributed by atoms with Crippen LogP contribution in [-0.2, 0) is 0 Å². The second-order valence-corrected chi connectivity index (χ2v) is 4.35. The summed E-state index contributed by atoms with van der Waals surface area (Å²) in [5, 5.41) is 4.53. The van der Waals surface area contributed by atoms with Gasteiger partial charge in [-0.15, -0.1) is 0 Å². The maximum atomic E-state index is 5.66. The van der Waals surface area contributed by atoms with E-state index in [0.29, 0.717) is 0 Å². The number of para-hydroxylation sites is 1. The number of rotatable bonds is 1. The minimum absolute atomic E-state index is 0.121. The van der Waals surface area contributed by atoms with Crippen molar-refractivity contribution in [1.82, 2.24) is 9.78 Å². The van der Waals surface area contributed by atoms with Gasteiger partial charge in [-0.3, -0.25) is 0 Å². The molecule has 0 spiro atoms. The van der Waals surface area contributed by atoms with Gasteiger partial charge in [0.15, 0.2) is 0 Å². The molecule has 0 radical (unpaired) electrons. The van der Waals surface area contributed by atoms with Crippen molar-refractivity contribution in [3.8, 4) is 17.5 Å². The minimum atomic E-state index is -0.121. The van der Waals surface area contributed by atoms with Gasteiger partial charge in [0.25, 0.3) is 0 Å². The number of aryl methyl sites for hydroxylation is 1. The van der Waals surface area contributed by atoms with Crippen LogP contribution >= 0.6 is 0 Å². The van der Waals surface area contributed by atoms with E-state index in [1.54, 1.807) is 0 Å². The van der Waals surface area contributed by atoms with E-state index in [9.17, 15) is 0 Å². The third-order valence-corrected chi connectivity index (χ3v) is 2.72. The fourth-order valence-electron chi connectivity index (χ4n) is 1.83. The molecule has 2 aromatic rings. The van der Waals surface area contributed by atoms with Crippen LogP contribution in [0.1, 0.15) is 23.9 Å². The van der Waals surface area contributed by atoms with Gasteiger partial charge in [-0.05, 0) is 32.9 Å². The lowest BCUT2D eigenvalue weighted by Crippen LogP contribution is -2.11. The number of hydrogen-bond acceptors (Lipinski definition) is 2. The van der Waals surface area contributed by atoms with Gasteiger partial charge in [-0.1, -0.05) is 30.0 Å². The minimum Gasteiger partial charge on any atom is -0.318 e. The second-order valence-electron chi connectivity index (χ2n) is 4.35. The molecule has 0 saturated carbocycles. The van der Waals surface area contributed by atoms with Crippen molar-refractivity contribution in [3.05, 3.63) is 47.3 Å². The lowest BCUT2D eigenvalue weighted by Gasteiger charge is -2.03. The average molecular weight is 239 g/mol.